The second-order valence-electron chi connectivity index (χ2n) is 6.51. The van der Waals surface area contributed by atoms with E-state index in [0.29, 0.717) is 19.0 Å². The van der Waals surface area contributed by atoms with Crippen LogP contribution in [0.25, 0.3) is 0 Å². The Morgan fingerprint density at radius 1 is 1.22 bits per heavy atom. The predicted molar refractivity (Wildman–Crippen MR) is 96.5 cm³/mol. The molecule has 0 aromatic heterocycles. The zero-order chi connectivity index (χ0) is 15.9. The van der Waals surface area contributed by atoms with Crippen LogP contribution in [0.2, 0.25) is 0 Å². The number of hydrogen-bond donors (Lipinski definition) is 2. The molecule has 23 heavy (non-hydrogen) atoms. The molecule has 1 aromatic carbocycles. The minimum absolute atomic E-state index is 0.145. The fourth-order valence-electron chi connectivity index (χ4n) is 3.21. The lowest BCUT2D eigenvalue weighted by Crippen LogP contribution is -2.41. The Balaban J connectivity index is 1.40. The van der Waals surface area contributed by atoms with Crippen LogP contribution in [-0.4, -0.2) is 48.0 Å². The molecular formula is C18H27N3OS. The summed E-state index contributed by atoms with van der Waals surface area (Å²) in [5.74, 6) is 2.34. The number of amides is 1. The number of benzene rings is 1. The molecule has 0 aliphatic carbocycles. The van der Waals surface area contributed by atoms with Crippen molar-refractivity contribution in [3.05, 3.63) is 35.4 Å². The number of nitrogens with zero attached hydrogens (tertiary/aromatic N) is 1. The largest absolute Gasteiger partial charge is 0.352 e. The summed E-state index contributed by atoms with van der Waals surface area (Å²) in [7, 11) is 0. The van der Waals surface area contributed by atoms with Crippen LogP contribution in [0.3, 0.4) is 0 Å². The first-order chi connectivity index (χ1) is 11.3. The molecule has 2 aliphatic rings. The highest BCUT2D eigenvalue weighted by atomic mass is 32.2. The third-order valence-electron chi connectivity index (χ3n) is 4.55. The van der Waals surface area contributed by atoms with Crippen LogP contribution < -0.4 is 10.6 Å². The fraction of sp³-hybridized carbons (Fsp3) is 0.611. The Kier molecular flexibility index (Phi) is 6.37. The van der Waals surface area contributed by atoms with Crippen molar-refractivity contribution in [2.24, 2.45) is 0 Å². The molecule has 1 atom stereocenters. The maximum absolute atomic E-state index is 12.0. The van der Waals surface area contributed by atoms with Gasteiger partial charge in [0.2, 0.25) is 5.91 Å². The van der Waals surface area contributed by atoms with Gasteiger partial charge in [-0.2, -0.15) is 11.8 Å². The quantitative estimate of drug-likeness (QED) is 0.836. The monoisotopic (exact) mass is 333 g/mol. The molecule has 1 amide bonds. The molecule has 2 saturated heterocycles. The number of carbonyl (C=O) groups is 1. The summed E-state index contributed by atoms with van der Waals surface area (Å²) in [4.78, 5) is 14.5. The molecule has 1 unspecified atom stereocenters. The molecule has 0 saturated carbocycles. The van der Waals surface area contributed by atoms with Crippen molar-refractivity contribution in [3.8, 4) is 0 Å². The third-order valence-corrected chi connectivity index (χ3v) is 5.68. The van der Waals surface area contributed by atoms with Gasteiger partial charge < -0.3 is 10.6 Å². The minimum Gasteiger partial charge on any atom is -0.352 e. The van der Waals surface area contributed by atoms with Gasteiger partial charge in [0.1, 0.15) is 0 Å². The van der Waals surface area contributed by atoms with E-state index in [1.807, 2.05) is 11.8 Å². The molecule has 0 radical (unpaired) electrons. The van der Waals surface area contributed by atoms with E-state index in [2.05, 4.69) is 39.8 Å². The van der Waals surface area contributed by atoms with Crippen LogP contribution in [0.5, 0.6) is 0 Å². The Morgan fingerprint density at radius 2 is 1.96 bits per heavy atom. The maximum Gasteiger partial charge on any atom is 0.221 e. The normalized spacial score (nSPS) is 22.2. The second-order valence-corrected chi connectivity index (χ2v) is 7.66. The van der Waals surface area contributed by atoms with Gasteiger partial charge in [0, 0.05) is 43.6 Å². The van der Waals surface area contributed by atoms with Crippen LogP contribution in [0.1, 0.15) is 30.4 Å². The Labute approximate surface area is 143 Å². The molecule has 4 nitrogen and oxygen atoms in total. The topological polar surface area (TPSA) is 44.4 Å². The van der Waals surface area contributed by atoms with Gasteiger partial charge in [-0.1, -0.05) is 24.3 Å². The number of likely N-dealkylation sites (tertiary alicyclic amines) is 1. The summed E-state index contributed by atoms with van der Waals surface area (Å²) in [6.45, 7) is 5.15. The van der Waals surface area contributed by atoms with Crippen molar-refractivity contribution < 1.29 is 4.79 Å². The third kappa shape index (κ3) is 5.52. The Hall–Kier alpha value is -1.04. The summed E-state index contributed by atoms with van der Waals surface area (Å²) < 4.78 is 0. The van der Waals surface area contributed by atoms with Gasteiger partial charge in [0.05, 0.1) is 0 Å². The van der Waals surface area contributed by atoms with Gasteiger partial charge in [0.25, 0.3) is 0 Å². The van der Waals surface area contributed by atoms with Gasteiger partial charge >= 0.3 is 0 Å². The van der Waals surface area contributed by atoms with E-state index in [1.165, 1.54) is 37.1 Å². The Bertz CT molecular complexity index is 493. The van der Waals surface area contributed by atoms with Crippen LogP contribution in [0.15, 0.2) is 24.3 Å². The minimum atomic E-state index is 0.145. The van der Waals surface area contributed by atoms with E-state index >= 15 is 0 Å². The first-order valence-corrected chi connectivity index (χ1v) is 9.83. The lowest BCUT2D eigenvalue weighted by atomic mass is 10.1. The van der Waals surface area contributed by atoms with Crippen LogP contribution in [0, 0.1) is 0 Å². The molecule has 0 bridgehead atoms. The lowest BCUT2D eigenvalue weighted by Gasteiger charge is -2.22. The maximum atomic E-state index is 12.0. The first-order valence-electron chi connectivity index (χ1n) is 8.67. The van der Waals surface area contributed by atoms with Crippen LogP contribution >= 0.6 is 11.8 Å². The molecule has 1 aromatic rings. The van der Waals surface area contributed by atoms with Crippen molar-refractivity contribution in [1.82, 2.24) is 15.5 Å². The molecule has 2 fully saturated rings. The van der Waals surface area contributed by atoms with E-state index in [4.69, 9.17) is 0 Å². The molecule has 3 rings (SSSR count). The molecule has 0 spiro atoms. The number of rotatable bonds is 6. The zero-order valence-electron chi connectivity index (χ0n) is 13.7. The van der Waals surface area contributed by atoms with Gasteiger partial charge in [0.15, 0.2) is 0 Å². The van der Waals surface area contributed by atoms with E-state index in [0.717, 1.165) is 24.6 Å². The van der Waals surface area contributed by atoms with Crippen molar-refractivity contribution in [2.45, 2.75) is 38.4 Å². The molecular weight excluding hydrogens is 306 g/mol. The van der Waals surface area contributed by atoms with Crippen molar-refractivity contribution in [1.29, 1.82) is 0 Å². The van der Waals surface area contributed by atoms with Gasteiger partial charge in [-0.15, -0.1) is 0 Å². The van der Waals surface area contributed by atoms with Crippen molar-refractivity contribution >= 4 is 17.7 Å². The van der Waals surface area contributed by atoms with E-state index in [1.54, 1.807) is 0 Å². The first kappa shape index (κ1) is 16.8. The number of thioether (sulfide) groups is 1. The summed E-state index contributed by atoms with van der Waals surface area (Å²) in [5, 5.41) is 6.44. The van der Waals surface area contributed by atoms with Crippen molar-refractivity contribution in [3.63, 3.8) is 0 Å². The summed E-state index contributed by atoms with van der Waals surface area (Å²) in [6.07, 6.45) is 3.25. The van der Waals surface area contributed by atoms with Crippen LogP contribution in [-0.2, 0) is 17.9 Å². The highest BCUT2D eigenvalue weighted by molar-refractivity contribution is 7.99. The number of carbonyl (C=O) groups excluding carboxylic acids is 1. The van der Waals surface area contributed by atoms with Gasteiger partial charge in [-0.25, -0.2) is 0 Å². The standard InChI is InChI=1S/C18H27N3OS/c22-18(11-17-14-23-10-7-19-17)20-12-15-3-5-16(6-4-15)13-21-8-1-2-9-21/h3-6,17,19H,1-2,7-14H2,(H,20,22). The van der Waals surface area contributed by atoms with Gasteiger partial charge in [-0.3, -0.25) is 9.69 Å². The van der Waals surface area contributed by atoms with E-state index < -0.39 is 0 Å². The summed E-state index contributed by atoms with van der Waals surface area (Å²) in [5.41, 5.74) is 2.54. The average molecular weight is 334 g/mol. The highest BCUT2D eigenvalue weighted by Gasteiger charge is 2.16. The molecule has 126 valence electrons. The molecule has 2 N–H and O–H groups in total. The average Bonchev–Trinajstić information content (AvgIpc) is 3.08. The predicted octanol–water partition coefficient (Wildman–Crippen LogP) is 1.99. The molecule has 5 heteroatoms. The molecule has 2 aliphatic heterocycles. The number of nitrogens with one attached hydrogen (secondary N) is 2. The van der Waals surface area contributed by atoms with Gasteiger partial charge in [-0.05, 0) is 37.1 Å². The fourth-order valence-corrected chi connectivity index (χ4v) is 4.16. The highest BCUT2D eigenvalue weighted by Crippen LogP contribution is 2.13. The number of hydrogen-bond acceptors (Lipinski definition) is 4. The van der Waals surface area contributed by atoms with Crippen molar-refractivity contribution in [2.75, 3.05) is 31.1 Å². The van der Waals surface area contributed by atoms with E-state index in [-0.39, 0.29) is 5.91 Å². The summed E-state index contributed by atoms with van der Waals surface area (Å²) in [6, 6.07) is 9.00. The van der Waals surface area contributed by atoms with E-state index in [9.17, 15) is 4.79 Å². The van der Waals surface area contributed by atoms with Crippen LogP contribution in [0.4, 0.5) is 0 Å². The molecule has 2 heterocycles. The smallest absolute Gasteiger partial charge is 0.221 e. The second kappa shape index (κ2) is 8.71. The lowest BCUT2D eigenvalue weighted by molar-refractivity contribution is -0.121. The summed E-state index contributed by atoms with van der Waals surface area (Å²) >= 11 is 1.93. The Morgan fingerprint density at radius 3 is 2.65 bits per heavy atom. The SMILES string of the molecule is O=C(CC1CSCCN1)NCc1ccc(CN2CCCC2)cc1. The zero-order valence-corrected chi connectivity index (χ0v) is 14.5.